The van der Waals surface area contributed by atoms with Crippen LogP contribution in [0.1, 0.15) is 11.4 Å². The van der Waals surface area contributed by atoms with E-state index >= 15 is 0 Å². The van der Waals surface area contributed by atoms with Crippen molar-refractivity contribution in [2.75, 3.05) is 0 Å². The van der Waals surface area contributed by atoms with Crippen molar-refractivity contribution in [1.29, 1.82) is 0 Å². The molecule has 0 bridgehead atoms. The summed E-state index contributed by atoms with van der Waals surface area (Å²) in [4.78, 5) is 0. The number of aromatic nitrogens is 3. The van der Waals surface area contributed by atoms with Gasteiger partial charge in [-0.15, -0.1) is 10.2 Å². The lowest BCUT2D eigenvalue weighted by Crippen LogP contribution is -2.04. The minimum absolute atomic E-state index is 0.0285. The van der Waals surface area contributed by atoms with Crippen LogP contribution in [0.5, 0.6) is 5.75 Å². The molecule has 0 aliphatic carbocycles. The Hall–Kier alpha value is -1.57. The quantitative estimate of drug-likeness (QED) is 0.489. The fraction of sp³-hybridized carbons (Fsp3) is 0.176. The first kappa shape index (κ1) is 18.2. The number of halogens is 3. The predicted octanol–water partition coefficient (Wildman–Crippen LogP) is 5.24. The summed E-state index contributed by atoms with van der Waals surface area (Å²) in [6.07, 6.45) is 0. The van der Waals surface area contributed by atoms with Crippen molar-refractivity contribution in [3.8, 4) is 5.75 Å². The molecule has 4 nitrogen and oxygen atoms in total. The van der Waals surface area contributed by atoms with E-state index < -0.39 is 5.82 Å². The van der Waals surface area contributed by atoms with Gasteiger partial charge in [-0.05, 0) is 29.8 Å². The van der Waals surface area contributed by atoms with Gasteiger partial charge in [-0.3, -0.25) is 0 Å². The summed E-state index contributed by atoms with van der Waals surface area (Å²) in [6, 6.07) is 12.4. The van der Waals surface area contributed by atoms with Crippen LogP contribution in [0.25, 0.3) is 0 Å². The molecule has 8 heteroatoms. The van der Waals surface area contributed by atoms with Crippen LogP contribution in [-0.2, 0) is 19.4 Å². The summed E-state index contributed by atoms with van der Waals surface area (Å²) in [5.41, 5.74) is 1.20. The van der Waals surface area contributed by atoms with Crippen LogP contribution in [0, 0.1) is 5.82 Å². The Morgan fingerprint density at radius 2 is 2.08 bits per heavy atom. The molecule has 2 aromatic carbocycles. The Balaban J connectivity index is 1.61. The zero-order chi connectivity index (χ0) is 17.8. The van der Waals surface area contributed by atoms with Crippen molar-refractivity contribution >= 4 is 39.3 Å². The summed E-state index contributed by atoms with van der Waals surface area (Å²) in [5.74, 6) is 1.48. The van der Waals surface area contributed by atoms with Gasteiger partial charge in [-0.25, -0.2) is 4.39 Å². The molecule has 1 aromatic heterocycles. The van der Waals surface area contributed by atoms with Gasteiger partial charge >= 0.3 is 0 Å². The molecule has 25 heavy (non-hydrogen) atoms. The lowest BCUT2D eigenvalue weighted by molar-refractivity contribution is 0.290. The zero-order valence-electron chi connectivity index (χ0n) is 13.2. The Morgan fingerprint density at radius 3 is 2.84 bits per heavy atom. The maximum atomic E-state index is 13.2. The largest absolute Gasteiger partial charge is 0.486 e. The molecule has 0 spiro atoms. The molecular weight excluding hydrogens is 429 g/mol. The van der Waals surface area contributed by atoms with Gasteiger partial charge in [-0.1, -0.05) is 51.4 Å². The monoisotopic (exact) mass is 441 g/mol. The number of ether oxygens (including phenoxy) is 1. The third kappa shape index (κ3) is 4.74. The number of benzene rings is 2. The maximum Gasteiger partial charge on any atom is 0.191 e. The van der Waals surface area contributed by atoms with E-state index in [2.05, 4.69) is 38.3 Å². The standard InChI is InChI=1S/C17H14BrClFN3OS/c1-23-16(9-24-13-5-6-15(20)14(19)8-13)21-22-17(23)25-10-11-3-2-4-12(18)7-11/h2-8H,9-10H2,1H3. The summed E-state index contributed by atoms with van der Waals surface area (Å²) < 4.78 is 21.7. The zero-order valence-corrected chi connectivity index (χ0v) is 16.4. The second kappa shape index (κ2) is 8.21. The van der Waals surface area contributed by atoms with Crippen LogP contribution >= 0.6 is 39.3 Å². The normalized spacial score (nSPS) is 10.9. The molecule has 0 N–H and O–H groups in total. The van der Waals surface area contributed by atoms with Crippen LogP contribution in [0.3, 0.4) is 0 Å². The van der Waals surface area contributed by atoms with Crippen LogP contribution in [0.15, 0.2) is 52.1 Å². The molecule has 3 aromatic rings. The number of thioether (sulfide) groups is 1. The molecule has 0 aliphatic rings. The molecule has 0 amide bonds. The SMILES string of the molecule is Cn1c(COc2ccc(F)c(Cl)c2)nnc1SCc1cccc(Br)c1. The summed E-state index contributed by atoms with van der Waals surface area (Å²) >= 11 is 10.8. The lowest BCUT2D eigenvalue weighted by Gasteiger charge is -2.07. The topological polar surface area (TPSA) is 39.9 Å². The molecule has 0 saturated heterocycles. The van der Waals surface area contributed by atoms with Gasteiger partial charge < -0.3 is 9.30 Å². The third-order valence-electron chi connectivity index (χ3n) is 3.44. The van der Waals surface area contributed by atoms with Crippen LogP contribution in [-0.4, -0.2) is 14.8 Å². The number of rotatable bonds is 6. The van der Waals surface area contributed by atoms with Crippen molar-refractivity contribution in [3.05, 3.63) is 69.2 Å². The molecule has 0 unspecified atom stereocenters. The Morgan fingerprint density at radius 1 is 1.24 bits per heavy atom. The van der Waals surface area contributed by atoms with E-state index in [1.54, 1.807) is 11.8 Å². The Labute approximate surface area is 162 Å². The van der Waals surface area contributed by atoms with Crippen LogP contribution < -0.4 is 4.74 Å². The van der Waals surface area contributed by atoms with Crippen molar-refractivity contribution < 1.29 is 9.13 Å². The van der Waals surface area contributed by atoms with Crippen molar-refractivity contribution in [3.63, 3.8) is 0 Å². The Kier molecular flexibility index (Phi) is 5.98. The van der Waals surface area contributed by atoms with E-state index in [4.69, 9.17) is 16.3 Å². The molecule has 3 rings (SSSR count). The molecule has 0 saturated carbocycles. The highest BCUT2D eigenvalue weighted by Gasteiger charge is 2.11. The van der Waals surface area contributed by atoms with E-state index in [-0.39, 0.29) is 11.6 Å². The average Bonchev–Trinajstić information content (AvgIpc) is 2.94. The molecule has 1 heterocycles. The molecule has 130 valence electrons. The summed E-state index contributed by atoms with van der Waals surface area (Å²) in [7, 11) is 1.89. The number of hydrogen-bond donors (Lipinski definition) is 0. The van der Waals surface area contributed by atoms with Crippen LogP contribution in [0.2, 0.25) is 5.02 Å². The highest BCUT2D eigenvalue weighted by atomic mass is 79.9. The predicted molar refractivity (Wildman–Crippen MR) is 100 cm³/mol. The highest BCUT2D eigenvalue weighted by molar-refractivity contribution is 9.10. The molecule has 0 fully saturated rings. The highest BCUT2D eigenvalue weighted by Crippen LogP contribution is 2.24. The fourth-order valence-electron chi connectivity index (χ4n) is 2.09. The first-order chi connectivity index (χ1) is 12.0. The van der Waals surface area contributed by atoms with E-state index in [0.717, 1.165) is 15.4 Å². The minimum atomic E-state index is -0.473. The second-order valence-electron chi connectivity index (χ2n) is 5.24. The second-order valence-corrected chi connectivity index (χ2v) is 7.51. The molecule has 0 atom stereocenters. The van der Waals surface area contributed by atoms with Gasteiger partial charge in [0.25, 0.3) is 0 Å². The Bertz CT molecular complexity index is 890. The van der Waals surface area contributed by atoms with Gasteiger partial charge in [0, 0.05) is 23.3 Å². The lowest BCUT2D eigenvalue weighted by atomic mass is 10.2. The van der Waals surface area contributed by atoms with Gasteiger partial charge in [-0.2, -0.15) is 0 Å². The van der Waals surface area contributed by atoms with Gasteiger partial charge in [0.05, 0.1) is 5.02 Å². The van der Waals surface area contributed by atoms with Gasteiger partial charge in [0.15, 0.2) is 11.0 Å². The van der Waals surface area contributed by atoms with Crippen LogP contribution in [0.4, 0.5) is 4.39 Å². The van der Waals surface area contributed by atoms with Gasteiger partial charge in [0.1, 0.15) is 18.2 Å². The van der Waals surface area contributed by atoms with E-state index in [9.17, 15) is 4.39 Å². The fourth-order valence-corrected chi connectivity index (χ4v) is 3.58. The number of hydrogen-bond acceptors (Lipinski definition) is 4. The van der Waals surface area contributed by atoms with E-state index in [0.29, 0.717) is 11.6 Å². The maximum absolute atomic E-state index is 13.2. The smallest absolute Gasteiger partial charge is 0.191 e. The minimum Gasteiger partial charge on any atom is -0.486 e. The van der Waals surface area contributed by atoms with Crippen molar-refractivity contribution in [2.45, 2.75) is 17.5 Å². The van der Waals surface area contributed by atoms with E-state index in [1.807, 2.05) is 23.7 Å². The summed E-state index contributed by atoms with van der Waals surface area (Å²) in [6.45, 7) is 0.225. The first-order valence-electron chi connectivity index (χ1n) is 7.36. The van der Waals surface area contributed by atoms with E-state index in [1.165, 1.54) is 23.8 Å². The molecular formula is C17H14BrClFN3OS. The van der Waals surface area contributed by atoms with Gasteiger partial charge in [0.2, 0.25) is 0 Å². The first-order valence-corrected chi connectivity index (χ1v) is 9.52. The summed E-state index contributed by atoms with van der Waals surface area (Å²) in [5, 5.41) is 9.18. The average molecular weight is 443 g/mol. The van der Waals surface area contributed by atoms with Crippen molar-refractivity contribution in [2.24, 2.45) is 7.05 Å². The molecule has 0 radical (unpaired) electrons. The van der Waals surface area contributed by atoms with Crippen molar-refractivity contribution in [1.82, 2.24) is 14.8 Å². The third-order valence-corrected chi connectivity index (χ3v) is 5.32. The molecule has 0 aliphatic heterocycles. The number of nitrogens with zero attached hydrogens (tertiary/aromatic N) is 3.